The molecule has 0 amide bonds. The molecular weight excluding hydrogens is 231 g/mol. The zero-order valence-electron chi connectivity index (χ0n) is 11.0. The van der Waals surface area contributed by atoms with Crippen molar-refractivity contribution in [3.63, 3.8) is 0 Å². The molecule has 94 valence electrons. The maximum absolute atomic E-state index is 11.1. The van der Waals surface area contributed by atoms with Crippen molar-refractivity contribution in [3.8, 4) is 0 Å². The molecule has 5 heteroatoms. The molecule has 0 aliphatic heterocycles. The Balaban J connectivity index is 0. The number of aliphatic carboxylic acids is 1. The zero-order chi connectivity index (χ0) is 12.2. The molecule has 0 spiro atoms. The molecule has 0 rings (SSSR count). The van der Waals surface area contributed by atoms with E-state index in [-0.39, 0.29) is 41.9 Å². The monoisotopic (exact) mass is 252 g/mol. The first-order valence-corrected chi connectivity index (χ1v) is 6.02. The van der Waals surface area contributed by atoms with Gasteiger partial charge in [-0.2, -0.15) is 0 Å². The topological polar surface area (TPSA) is 66.4 Å². The number of carbonyl (C=O) groups is 2. The van der Waals surface area contributed by atoms with Gasteiger partial charge in [-0.25, -0.2) is 0 Å². The van der Waals surface area contributed by atoms with Crippen molar-refractivity contribution < 1.29 is 49.0 Å². The van der Waals surface area contributed by atoms with E-state index in [1.807, 2.05) is 0 Å². The fourth-order valence-corrected chi connectivity index (χ4v) is 1.33. The Kier molecular flexibility index (Phi) is 15.9. The molecule has 0 saturated carbocycles. The van der Waals surface area contributed by atoms with Crippen LogP contribution >= 0.6 is 0 Å². The Morgan fingerprint density at radius 1 is 1.00 bits per heavy atom. The van der Waals surface area contributed by atoms with Crippen molar-refractivity contribution in [3.05, 3.63) is 0 Å². The fraction of sp³-hybridized carbons (Fsp3) is 0.833. The van der Waals surface area contributed by atoms with Crippen molar-refractivity contribution in [1.82, 2.24) is 0 Å². The normalized spacial score (nSPS) is 9.47. The van der Waals surface area contributed by atoms with Crippen LogP contribution in [0.3, 0.4) is 0 Å². The fourth-order valence-electron chi connectivity index (χ4n) is 1.33. The number of carboxylic acid groups (broad SMARTS) is 1. The van der Waals surface area contributed by atoms with Gasteiger partial charge in [-0.1, -0.05) is 26.2 Å². The van der Waals surface area contributed by atoms with Gasteiger partial charge >= 0.3 is 35.5 Å². The average molecular weight is 252 g/mol. The summed E-state index contributed by atoms with van der Waals surface area (Å²) in [5, 5.41) is 10.1. The number of unbranched alkanes of at least 4 members (excludes halogenated alkanes) is 4. The van der Waals surface area contributed by atoms with Gasteiger partial charge < -0.3 is 14.6 Å². The Bertz CT molecular complexity index is 207. The minimum absolute atomic E-state index is 0. The van der Waals surface area contributed by atoms with Gasteiger partial charge in [-0.05, 0) is 25.7 Å². The number of carbonyl (C=O) groups excluding carboxylic acids is 2. The van der Waals surface area contributed by atoms with Gasteiger partial charge in [-0.15, -0.1) is 0 Å². The van der Waals surface area contributed by atoms with Crippen LogP contribution in [0.25, 0.3) is 0 Å². The smallest absolute Gasteiger partial charge is 0.550 e. The number of hydrogen-bond acceptors (Lipinski definition) is 4. The molecule has 0 aromatic heterocycles. The standard InChI is InChI=1S/C12H22O4.Na/c1-2-3-4-7-10-16-12(15)9-6-5-8-11(13)14;/h2-10H2,1H3,(H,13,14);/q;+1/p-1. The minimum Gasteiger partial charge on any atom is -0.550 e. The molecule has 0 aromatic rings. The van der Waals surface area contributed by atoms with Crippen LogP contribution in [0, 0.1) is 0 Å². The maximum Gasteiger partial charge on any atom is 1.00 e. The number of esters is 1. The van der Waals surface area contributed by atoms with Crippen molar-refractivity contribution in [2.24, 2.45) is 0 Å². The molecule has 0 unspecified atom stereocenters. The van der Waals surface area contributed by atoms with Crippen LogP contribution in [0.4, 0.5) is 0 Å². The van der Waals surface area contributed by atoms with Crippen molar-refractivity contribution in [2.45, 2.75) is 58.3 Å². The molecular formula is C12H21NaO4. The first-order chi connectivity index (χ1) is 7.66. The van der Waals surface area contributed by atoms with Gasteiger partial charge in [0.15, 0.2) is 0 Å². The van der Waals surface area contributed by atoms with E-state index in [0.29, 0.717) is 25.9 Å². The summed E-state index contributed by atoms with van der Waals surface area (Å²) < 4.78 is 4.99. The molecule has 17 heavy (non-hydrogen) atoms. The number of carboxylic acids is 1. The molecule has 0 aliphatic rings. The van der Waals surface area contributed by atoms with Gasteiger partial charge in [0.25, 0.3) is 0 Å². The molecule has 0 aliphatic carbocycles. The molecule has 0 fully saturated rings. The second-order valence-corrected chi connectivity index (χ2v) is 3.86. The minimum atomic E-state index is -1.06. The van der Waals surface area contributed by atoms with E-state index in [4.69, 9.17) is 4.74 Å². The van der Waals surface area contributed by atoms with Crippen molar-refractivity contribution in [1.29, 1.82) is 0 Å². The maximum atomic E-state index is 11.1. The summed E-state index contributed by atoms with van der Waals surface area (Å²) in [4.78, 5) is 21.2. The third-order valence-electron chi connectivity index (χ3n) is 2.27. The van der Waals surface area contributed by atoms with E-state index >= 15 is 0 Å². The Morgan fingerprint density at radius 3 is 2.24 bits per heavy atom. The second kappa shape index (κ2) is 14.0. The van der Waals surface area contributed by atoms with Gasteiger partial charge in [0.2, 0.25) is 0 Å². The van der Waals surface area contributed by atoms with Crippen LogP contribution in [0.5, 0.6) is 0 Å². The largest absolute Gasteiger partial charge is 1.00 e. The van der Waals surface area contributed by atoms with Gasteiger partial charge in [0.1, 0.15) is 0 Å². The molecule has 4 nitrogen and oxygen atoms in total. The second-order valence-electron chi connectivity index (χ2n) is 3.86. The summed E-state index contributed by atoms with van der Waals surface area (Å²) in [5.74, 6) is -1.29. The SMILES string of the molecule is CCCCCCOC(=O)CCCCC(=O)[O-].[Na+]. The van der Waals surface area contributed by atoms with Crippen LogP contribution in [0.1, 0.15) is 58.3 Å². The summed E-state index contributed by atoms with van der Waals surface area (Å²) in [6.07, 6.45) is 5.70. The molecule has 0 atom stereocenters. The third-order valence-corrected chi connectivity index (χ3v) is 2.27. The summed E-state index contributed by atoms with van der Waals surface area (Å²) in [5.41, 5.74) is 0. The van der Waals surface area contributed by atoms with Gasteiger partial charge in [-0.3, -0.25) is 4.79 Å². The van der Waals surface area contributed by atoms with Crippen LogP contribution < -0.4 is 34.7 Å². The van der Waals surface area contributed by atoms with Crippen LogP contribution in [0.15, 0.2) is 0 Å². The van der Waals surface area contributed by atoms with E-state index < -0.39 is 5.97 Å². The predicted octanol–water partition coefficient (Wildman–Crippen LogP) is -1.58. The van der Waals surface area contributed by atoms with Crippen molar-refractivity contribution in [2.75, 3.05) is 6.61 Å². The van der Waals surface area contributed by atoms with Crippen molar-refractivity contribution >= 4 is 11.9 Å². The Hall–Kier alpha value is -0.0600. The van der Waals surface area contributed by atoms with Gasteiger partial charge in [0, 0.05) is 12.4 Å². The third kappa shape index (κ3) is 15.9. The number of hydrogen-bond donors (Lipinski definition) is 0. The molecule has 0 radical (unpaired) electrons. The summed E-state index contributed by atoms with van der Waals surface area (Å²) in [6, 6.07) is 0. The predicted molar refractivity (Wildman–Crippen MR) is 58.6 cm³/mol. The first-order valence-electron chi connectivity index (χ1n) is 6.02. The zero-order valence-corrected chi connectivity index (χ0v) is 13.0. The molecule has 0 bridgehead atoms. The van der Waals surface area contributed by atoms with E-state index in [9.17, 15) is 14.7 Å². The van der Waals surface area contributed by atoms with Crippen LogP contribution in [-0.2, 0) is 14.3 Å². The summed E-state index contributed by atoms with van der Waals surface area (Å²) in [6.45, 7) is 2.61. The summed E-state index contributed by atoms with van der Waals surface area (Å²) >= 11 is 0. The molecule has 0 N–H and O–H groups in total. The van der Waals surface area contributed by atoms with E-state index in [1.54, 1.807) is 0 Å². The Labute approximate surface area is 125 Å². The first kappa shape index (κ1) is 19.3. The van der Waals surface area contributed by atoms with E-state index in [1.165, 1.54) is 6.42 Å². The van der Waals surface area contributed by atoms with E-state index in [2.05, 4.69) is 6.92 Å². The van der Waals surface area contributed by atoms with Gasteiger partial charge in [0.05, 0.1) is 6.61 Å². The molecule has 0 saturated heterocycles. The van der Waals surface area contributed by atoms with Crippen LogP contribution in [-0.4, -0.2) is 18.5 Å². The average Bonchev–Trinajstić information content (AvgIpc) is 2.24. The quantitative estimate of drug-likeness (QED) is 0.267. The molecule has 0 aromatic carbocycles. The summed E-state index contributed by atoms with van der Waals surface area (Å²) in [7, 11) is 0. The molecule has 0 heterocycles. The van der Waals surface area contributed by atoms with E-state index in [0.717, 1.165) is 19.3 Å². The number of ether oxygens (including phenoxy) is 1. The van der Waals surface area contributed by atoms with Crippen LogP contribution in [0.2, 0.25) is 0 Å². The Morgan fingerprint density at radius 2 is 1.65 bits per heavy atom. The number of rotatable bonds is 10.